The van der Waals surface area contributed by atoms with Gasteiger partial charge in [-0.3, -0.25) is 4.79 Å². The van der Waals surface area contributed by atoms with Crippen molar-refractivity contribution in [3.05, 3.63) is 7.11 Å². The van der Waals surface area contributed by atoms with Gasteiger partial charge in [0, 0.05) is 13.2 Å². The van der Waals surface area contributed by atoms with Gasteiger partial charge in [0.2, 0.25) is 0 Å². The third-order valence-electron chi connectivity index (χ3n) is 0.663. The number of ether oxygens (including phenoxy) is 1. The Morgan fingerprint density at radius 2 is 2.50 bits per heavy atom. The third-order valence-corrected chi connectivity index (χ3v) is 0.663. The Balaban J connectivity index is 2.62. The summed E-state index contributed by atoms with van der Waals surface area (Å²) in [6.45, 7) is 1.19. The van der Waals surface area contributed by atoms with Crippen molar-refractivity contribution in [2.45, 2.75) is 6.42 Å². The van der Waals surface area contributed by atoms with Crippen LogP contribution in [0, 0.1) is 7.11 Å². The van der Waals surface area contributed by atoms with Crippen LogP contribution in [-0.2, 0) is 9.53 Å². The molecule has 0 heterocycles. The minimum Gasteiger partial charge on any atom is -0.379 e. The Bertz CT molecular complexity index is 56.4. The maximum atomic E-state index is 9.48. The van der Waals surface area contributed by atoms with Gasteiger partial charge in [-0.25, -0.2) is 0 Å². The van der Waals surface area contributed by atoms with Crippen molar-refractivity contribution >= 4 is 6.41 Å². The number of carbonyl (C=O) groups excluding carboxylic acids is 1. The van der Waals surface area contributed by atoms with Crippen molar-refractivity contribution in [2.24, 2.45) is 0 Å². The summed E-state index contributed by atoms with van der Waals surface area (Å²) in [6.07, 6.45) is 2.34. The van der Waals surface area contributed by atoms with E-state index in [0.29, 0.717) is 13.2 Å². The molecular weight excluding hydrogens is 106 g/mol. The summed E-state index contributed by atoms with van der Waals surface area (Å²) in [7, 11) is 3.16. The maximum absolute atomic E-state index is 9.48. The lowest BCUT2D eigenvalue weighted by atomic mass is 10.5. The summed E-state index contributed by atoms with van der Waals surface area (Å²) in [5.74, 6) is 0. The second kappa shape index (κ2) is 6.43. The van der Waals surface area contributed by atoms with Gasteiger partial charge in [0.15, 0.2) is 0 Å². The van der Waals surface area contributed by atoms with Crippen LogP contribution in [0.2, 0.25) is 0 Å². The van der Waals surface area contributed by atoms with Gasteiger partial charge < -0.3 is 10.1 Å². The van der Waals surface area contributed by atoms with Gasteiger partial charge in [-0.05, 0) is 6.42 Å². The van der Waals surface area contributed by atoms with Gasteiger partial charge in [-0.15, -0.1) is 0 Å². The SMILES string of the molecule is [CH2]OCCCN[C]=O. The van der Waals surface area contributed by atoms with Crippen molar-refractivity contribution in [2.75, 3.05) is 13.2 Å². The minimum absolute atomic E-state index is 0.578. The first kappa shape index (κ1) is 7.43. The molecule has 0 spiro atoms. The normalized spacial score (nSPS) is 8.62. The molecule has 0 aromatic rings. The van der Waals surface area contributed by atoms with Crippen LogP contribution in [0.5, 0.6) is 0 Å². The van der Waals surface area contributed by atoms with Crippen molar-refractivity contribution in [3.63, 3.8) is 0 Å². The second-order valence-corrected chi connectivity index (χ2v) is 1.29. The standard InChI is InChI=1S/C5H9NO2/c1-8-4-2-3-6-5-7/h1-4H2,(H,6,7). The largest absolute Gasteiger partial charge is 0.379 e. The molecule has 0 aromatic carbocycles. The zero-order chi connectivity index (χ0) is 6.24. The predicted octanol–water partition coefficient (Wildman–Crippen LogP) is -0.159. The topological polar surface area (TPSA) is 38.3 Å². The molecule has 0 aliphatic carbocycles. The number of rotatable bonds is 5. The minimum atomic E-state index is 0.578. The van der Waals surface area contributed by atoms with E-state index in [1.54, 1.807) is 6.41 Å². The van der Waals surface area contributed by atoms with Crippen LogP contribution in [0.3, 0.4) is 0 Å². The molecular formula is C5H9NO2. The molecule has 0 aromatic heterocycles. The first-order valence-corrected chi connectivity index (χ1v) is 2.39. The predicted molar refractivity (Wildman–Crippen MR) is 29.6 cm³/mol. The van der Waals surface area contributed by atoms with E-state index in [-0.39, 0.29) is 0 Å². The monoisotopic (exact) mass is 115 g/mol. The Labute approximate surface area is 49.0 Å². The Kier molecular flexibility index (Phi) is 5.97. The molecule has 46 valence electrons. The Hall–Kier alpha value is -0.570. The zero-order valence-corrected chi connectivity index (χ0v) is 4.64. The Morgan fingerprint density at radius 3 is 3.00 bits per heavy atom. The fourth-order valence-corrected chi connectivity index (χ4v) is 0.314. The molecule has 3 nitrogen and oxygen atoms in total. The van der Waals surface area contributed by atoms with E-state index in [1.807, 2.05) is 0 Å². The summed E-state index contributed by atoms with van der Waals surface area (Å²) in [5, 5.41) is 2.37. The molecule has 1 N–H and O–H groups in total. The average Bonchev–Trinajstić information content (AvgIpc) is 1.81. The fraction of sp³-hybridized carbons (Fsp3) is 0.600. The lowest BCUT2D eigenvalue weighted by Gasteiger charge is -1.94. The lowest BCUT2D eigenvalue weighted by Crippen LogP contribution is -2.13. The summed E-state index contributed by atoms with van der Waals surface area (Å²) in [5.41, 5.74) is 0. The van der Waals surface area contributed by atoms with E-state index >= 15 is 0 Å². The van der Waals surface area contributed by atoms with E-state index in [0.717, 1.165) is 6.42 Å². The van der Waals surface area contributed by atoms with Crippen LogP contribution < -0.4 is 5.32 Å². The van der Waals surface area contributed by atoms with E-state index in [1.165, 1.54) is 0 Å². The summed E-state index contributed by atoms with van der Waals surface area (Å²) >= 11 is 0. The molecule has 2 radical (unpaired) electrons. The highest BCUT2D eigenvalue weighted by molar-refractivity contribution is 5.46. The maximum Gasteiger partial charge on any atom is 0.309 e. The molecule has 0 fully saturated rings. The van der Waals surface area contributed by atoms with Crippen molar-refractivity contribution in [3.8, 4) is 0 Å². The van der Waals surface area contributed by atoms with Crippen LogP contribution >= 0.6 is 0 Å². The highest BCUT2D eigenvalue weighted by atomic mass is 16.5. The van der Waals surface area contributed by atoms with E-state index in [9.17, 15) is 4.79 Å². The van der Waals surface area contributed by atoms with Crippen molar-refractivity contribution in [1.82, 2.24) is 5.32 Å². The molecule has 0 rings (SSSR count). The van der Waals surface area contributed by atoms with Gasteiger partial charge in [0.1, 0.15) is 0 Å². The molecule has 0 saturated carbocycles. The van der Waals surface area contributed by atoms with E-state index < -0.39 is 0 Å². The summed E-state index contributed by atoms with van der Waals surface area (Å²) in [6, 6.07) is 0. The number of hydrogen-bond donors (Lipinski definition) is 1. The van der Waals surface area contributed by atoms with Crippen molar-refractivity contribution in [1.29, 1.82) is 0 Å². The van der Waals surface area contributed by atoms with Crippen LogP contribution in [0.15, 0.2) is 0 Å². The number of hydrogen-bond acceptors (Lipinski definition) is 2. The molecule has 0 aliphatic rings. The van der Waals surface area contributed by atoms with Gasteiger partial charge in [0.05, 0.1) is 7.11 Å². The van der Waals surface area contributed by atoms with Crippen molar-refractivity contribution < 1.29 is 9.53 Å². The highest BCUT2D eigenvalue weighted by Crippen LogP contribution is 1.75. The quantitative estimate of drug-likeness (QED) is 0.399. The van der Waals surface area contributed by atoms with Crippen LogP contribution in [0.1, 0.15) is 6.42 Å². The summed E-state index contributed by atoms with van der Waals surface area (Å²) < 4.78 is 4.47. The average molecular weight is 115 g/mol. The van der Waals surface area contributed by atoms with Gasteiger partial charge in [-0.1, -0.05) is 0 Å². The first-order chi connectivity index (χ1) is 3.91. The van der Waals surface area contributed by atoms with Gasteiger partial charge in [-0.2, -0.15) is 0 Å². The Morgan fingerprint density at radius 1 is 1.75 bits per heavy atom. The molecule has 8 heavy (non-hydrogen) atoms. The molecule has 0 aliphatic heterocycles. The summed E-state index contributed by atoms with van der Waals surface area (Å²) in [4.78, 5) is 9.48. The third kappa shape index (κ3) is 5.43. The van der Waals surface area contributed by atoms with Crippen LogP contribution in [0.4, 0.5) is 0 Å². The molecule has 1 amide bonds. The number of nitrogens with one attached hydrogen (secondary N) is 1. The smallest absolute Gasteiger partial charge is 0.309 e. The van der Waals surface area contributed by atoms with Crippen LogP contribution in [-0.4, -0.2) is 19.6 Å². The molecule has 0 bridgehead atoms. The lowest BCUT2D eigenvalue weighted by molar-refractivity contribution is 0.238. The first-order valence-electron chi connectivity index (χ1n) is 2.39. The molecule has 0 saturated heterocycles. The number of amides is 1. The molecule has 0 unspecified atom stereocenters. The second-order valence-electron chi connectivity index (χ2n) is 1.29. The molecule has 0 atom stereocenters. The fourth-order valence-electron chi connectivity index (χ4n) is 0.314. The van der Waals surface area contributed by atoms with Gasteiger partial charge >= 0.3 is 6.41 Å². The zero-order valence-electron chi connectivity index (χ0n) is 4.64. The van der Waals surface area contributed by atoms with E-state index in [4.69, 9.17) is 0 Å². The van der Waals surface area contributed by atoms with E-state index in [2.05, 4.69) is 17.2 Å². The highest BCUT2D eigenvalue weighted by Gasteiger charge is 1.81. The van der Waals surface area contributed by atoms with Gasteiger partial charge in [0.25, 0.3) is 0 Å². The molecule has 3 heteroatoms. The van der Waals surface area contributed by atoms with Crippen LogP contribution in [0.25, 0.3) is 0 Å².